The Morgan fingerprint density at radius 3 is 2.48 bits per heavy atom. The summed E-state index contributed by atoms with van der Waals surface area (Å²) >= 11 is 0. The van der Waals surface area contributed by atoms with Crippen molar-refractivity contribution in [3.63, 3.8) is 0 Å². The molecule has 1 heterocycles. The van der Waals surface area contributed by atoms with E-state index in [1.54, 1.807) is 0 Å². The number of piperidine rings is 1. The second-order valence-electron chi connectivity index (χ2n) is 6.37. The van der Waals surface area contributed by atoms with Gasteiger partial charge in [0.15, 0.2) is 0 Å². The first-order chi connectivity index (χ1) is 10.6. The second-order valence-corrected chi connectivity index (χ2v) is 6.37. The van der Waals surface area contributed by atoms with Crippen LogP contribution in [0.3, 0.4) is 0 Å². The Balaban J connectivity index is 0.00000264. The molecule has 1 amide bonds. The van der Waals surface area contributed by atoms with Crippen LogP contribution >= 0.6 is 12.4 Å². The van der Waals surface area contributed by atoms with E-state index in [1.807, 2.05) is 37.2 Å². The highest BCUT2D eigenvalue weighted by Gasteiger charge is 2.23. The fourth-order valence-corrected chi connectivity index (χ4v) is 3.11. The van der Waals surface area contributed by atoms with Gasteiger partial charge in [0.2, 0.25) is 5.91 Å². The first kappa shape index (κ1) is 19.9. The van der Waals surface area contributed by atoms with Crippen molar-refractivity contribution in [2.45, 2.75) is 25.8 Å². The van der Waals surface area contributed by atoms with E-state index < -0.39 is 0 Å². The summed E-state index contributed by atoms with van der Waals surface area (Å²) in [5.41, 5.74) is 1.19. The molecule has 0 aliphatic carbocycles. The minimum atomic E-state index is 0. The average molecular weight is 340 g/mol. The van der Waals surface area contributed by atoms with E-state index in [0.717, 1.165) is 25.6 Å². The first-order valence-corrected chi connectivity index (χ1v) is 8.29. The average Bonchev–Trinajstić information content (AvgIpc) is 2.56. The van der Waals surface area contributed by atoms with Crippen molar-refractivity contribution in [2.75, 3.05) is 40.3 Å². The third-order valence-electron chi connectivity index (χ3n) is 4.82. The lowest BCUT2D eigenvalue weighted by atomic mass is 9.97. The fourth-order valence-electron chi connectivity index (χ4n) is 3.11. The van der Waals surface area contributed by atoms with Crippen molar-refractivity contribution in [1.29, 1.82) is 0 Å². The van der Waals surface area contributed by atoms with Crippen LogP contribution in [0, 0.1) is 5.92 Å². The number of likely N-dealkylation sites (tertiary alicyclic amines) is 1. The molecule has 0 bridgehead atoms. The zero-order chi connectivity index (χ0) is 15.9. The lowest BCUT2D eigenvalue weighted by Gasteiger charge is -2.33. The molecule has 1 aromatic carbocycles. The summed E-state index contributed by atoms with van der Waals surface area (Å²) in [5, 5.41) is 3.25. The summed E-state index contributed by atoms with van der Waals surface area (Å²) in [5.74, 6) is 0.973. The lowest BCUT2D eigenvalue weighted by molar-refractivity contribution is -0.133. The summed E-state index contributed by atoms with van der Waals surface area (Å²) in [4.78, 5) is 16.7. The van der Waals surface area contributed by atoms with E-state index >= 15 is 0 Å². The largest absolute Gasteiger partial charge is 0.338 e. The van der Waals surface area contributed by atoms with Gasteiger partial charge in [-0.15, -0.1) is 12.4 Å². The van der Waals surface area contributed by atoms with Gasteiger partial charge in [-0.1, -0.05) is 30.3 Å². The number of rotatable bonds is 6. The monoisotopic (exact) mass is 339 g/mol. The molecule has 0 aromatic heterocycles. The van der Waals surface area contributed by atoms with Crippen LogP contribution < -0.4 is 5.32 Å². The molecule has 130 valence electrons. The van der Waals surface area contributed by atoms with Crippen LogP contribution in [0.2, 0.25) is 0 Å². The molecular formula is C18H30ClN3O. The van der Waals surface area contributed by atoms with Crippen molar-refractivity contribution in [2.24, 2.45) is 5.92 Å². The topological polar surface area (TPSA) is 35.6 Å². The quantitative estimate of drug-likeness (QED) is 0.865. The molecule has 0 spiro atoms. The lowest BCUT2D eigenvalue weighted by Crippen LogP contribution is -2.43. The number of benzene rings is 1. The van der Waals surface area contributed by atoms with Crippen LogP contribution in [0.25, 0.3) is 0 Å². The van der Waals surface area contributed by atoms with Gasteiger partial charge in [0.05, 0.1) is 12.6 Å². The van der Waals surface area contributed by atoms with Crippen molar-refractivity contribution in [1.82, 2.24) is 15.1 Å². The summed E-state index contributed by atoms with van der Waals surface area (Å²) in [7, 11) is 3.92. The zero-order valence-electron chi connectivity index (χ0n) is 14.5. The van der Waals surface area contributed by atoms with Gasteiger partial charge in [-0.25, -0.2) is 0 Å². The molecule has 1 aliphatic rings. The molecule has 1 fully saturated rings. The number of nitrogens with one attached hydrogen (secondary N) is 1. The van der Waals surface area contributed by atoms with Crippen LogP contribution in [-0.4, -0.2) is 56.0 Å². The number of amides is 1. The SMILES string of the molecule is CNCC1CCN(CC(=O)N(C)C(C)c2ccccc2)CC1.Cl. The van der Waals surface area contributed by atoms with E-state index in [9.17, 15) is 4.79 Å². The van der Waals surface area contributed by atoms with Crippen LogP contribution in [0.4, 0.5) is 0 Å². The predicted molar refractivity (Wildman–Crippen MR) is 98.0 cm³/mol. The molecule has 5 heteroatoms. The summed E-state index contributed by atoms with van der Waals surface area (Å²) in [6.07, 6.45) is 2.37. The molecule has 1 atom stereocenters. The highest BCUT2D eigenvalue weighted by molar-refractivity contribution is 5.85. The molecular weight excluding hydrogens is 310 g/mol. The van der Waals surface area contributed by atoms with Gasteiger partial charge in [-0.3, -0.25) is 9.69 Å². The van der Waals surface area contributed by atoms with Gasteiger partial charge < -0.3 is 10.2 Å². The summed E-state index contributed by atoms with van der Waals surface area (Å²) < 4.78 is 0. The Kier molecular flexibility index (Phi) is 8.59. The number of hydrogen-bond acceptors (Lipinski definition) is 3. The Bertz CT molecular complexity index is 461. The van der Waals surface area contributed by atoms with Gasteiger partial charge in [0.25, 0.3) is 0 Å². The molecule has 1 aliphatic heterocycles. The molecule has 1 saturated heterocycles. The molecule has 23 heavy (non-hydrogen) atoms. The normalized spacial score (nSPS) is 17.3. The number of carbonyl (C=O) groups excluding carboxylic acids is 1. The first-order valence-electron chi connectivity index (χ1n) is 8.29. The van der Waals surface area contributed by atoms with Crippen LogP contribution in [-0.2, 0) is 4.79 Å². The Hall–Kier alpha value is -1.10. The van der Waals surface area contributed by atoms with E-state index in [1.165, 1.54) is 18.4 Å². The maximum Gasteiger partial charge on any atom is 0.236 e. The zero-order valence-corrected chi connectivity index (χ0v) is 15.3. The molecule has 2 rings (SSSR count). The van der Waals surface area contributed by atoms with Gasteiger partial charge in [-0.05, 0) is 57.9 Å². The van der Waals surface area contributed by atoms with Crippen LogP contribution in [0.15, 0.2) is 30.3 Å². The van der Waals surface area contributed by atoms with E-state index in [-0.39, 0.29) is 24.4 Å². The highest BCUT2D eigenvalue weighted by atomic mass is 35.5. The molecule has 1 N–H and O–H groups in total. The van der Waals surface area contributed by atoms with Gasteiger partial charge in [-0.2, -0.15) is 0 Å². The Morgan fingerprint density at radius 2 is 1.91 bits per heavy atom. The summed E-state index contributed by atoms with van der Waals surface area (Å²) in [6, 6.07) is 10.3. The van der Waals surface area contributed by atoms with Crippen molar-refractivity contribution < 1.29 is 4.79 Å². The number of hydrogen-bond donors (Lipinski definition) is 1. The molecule has 4 nitrogen and oxygen atoms in total. The number of nitrogens with zero attached hydrogens (tertiary/aromatic N) is 2. The third-order valence-corrected chi connectivity index (χ3v) is 4.82. The van der Waals surface area contributed by atoms with Crippen LogP contribution in [0.1, 0.15) is 31.4 Å². The smallest absolute Gasteiger partial charge is 0.236 e. The maximum absolute atomic E-state index is 12.5. The third kappa shape index (κ3) is 5.79. The Labute approximate surface area is 146 Å². The van der Waals surface area contributed by atoms with E-state index in [0.29, 0.717) is 6.54 Å². The summed E-state index contributed by atoms with van der Waals surface area (Å²) in [6.45, 7) is 5.79. The van der Waals surface area contributed by atoms with Gasteiger partial charge in [0.1, 0.15) is 0 Å². The Morgan fingerprint density at radius 1 is 1.30 bits per heavy atom. The number of halogens is 1. The molecule has 0 saturated carbocycles. The minimum Gasteiger partial charge on any atom is -0.338 e. The molecule has 1 unspecified atom stereocenters. The number of carbonyl (C=O) groups is 1. The number of likely N-dealkylation sites (N-methyl/N-ethyl adjacent to an activating group) is 1. The highest BCUT2D eigenvalue weighted by Crippen LogP contribution is 2.20. The predicted octanol–water partition coefficient (Wildman–Crippen LogP) is 2.56. The second kappa shape index (κ2) is 9.91. The fraction of sp³-hybridized carbons (Fsp3) is 0.611. The van der Waals surface area contributed by atoms with E-state index in [4.69, 9.17) is 0 Å². The standard InChI is InChI=1S/C18H29N3O.ClH/c1-15(17-7-5-4-6-8-17)20(3)18(22)14-21-11-9-16(10-12-21)13-19-2;/h4-8,15-16,19H,9-14H2,1-3H3;1H. The van der Waals surface area contributed by atoms with Crippen LogP contribution in [0.5, 0.6) is 0 Å². The van der Waals surface area contributed by atoms with Crippen molar-refractivity contribution in [3.05, 3.63) is 35.9 Å². The van der Waals surface area contributed by atoms with Gasteiger partial charge in [0, 0.05) is 7.05 Å². The van der Waals surface area contributed by atoms with Crippen molar-refractivity contribution in [3.8, 4) is 0 Å². The molecule has 1 aromatic rings. The minimum absolute atomic E-state index is 0. The molecule has 0 radical (unpaired) electrons. The van der Waals surface area contributed by atoms with E-state index in [2.05, 4.69) is 29.3 Å². The maximum atomic E-state index is 12.5. The van der Waals surface area contributed by atoms with Gasteiger partial charge >= 0.3 is 0 Å². The van der Waals surface area contributed by atoms with Crippen molar-refractivity contribution >= 4 is 18.3 Å².